The number of anilines is 1. The van der Waals surface area contributed by atoms with Crippen molar-refractivity contribution in [2.24, 2.45) is 0 Å². The molecule has 2 aromatic carbocycles. The molecular formula is C19H18F2N4O2S2. The van der Waals surface area contributed by atoms with Crippen molar-refractivity contribution in [2.75, 3.05) is 11.1 Å². The lowest BCUT2D eigenvalue weighted by Crippen LogP contribution is -2.24. The van der Waals surface area contributed by atoms with Crippen LogP contribution in [-0.4, -0.2) is 28.5 Å². The van der Waals surface area contributed by atoms with Gasteiger partial charge in [-0.1, -0.05) is 65.6 Å². The molecule has 1 amide bonds. The van der Waals surface area contributed by atoms with E-state index in [1.165, 1.54) is 35.2 Å². The topological polar surface area (TPSA) is 76.1 Å². The third-order valence-electron chi connectivity index (χ3n) is 3.66. The van der Waals surface area contributed by atoms with E-state index in [1.807, 2.05) is 30.3 Å². The van der Waals surface area contributed by atoms with E-state index in [9.17, 15) is 13.6 Å². The minimum Gasteiger partial charge on any atom is -0.435 e. The number of alkyl halides is 2. The maximum Gasteiger partial charge on any atom is 0.387 e. The molecule has 0 radical (unpaired) electrons. The highest BCUT2D eigenvalue weighted by Crippen LogP contribution is 2.25. The van der Waals surface area contributed by atoms with Crippen LogP contribution in [0.1, 0.15) is 11.1 Å². The highest BCUT2D eigenvalue weighted by Gasteiger charge is 2.09. The fraction of sp³-hybridized carbons (Fsp3) is 0.211. The van der Waals surface area contributed by atoms with E-state index in [-0.39, 0.29) is 17.4 Å². The van der Waals surface area contributed by atoms with Crippen molar-refractivity contribution in [1.82, 2.24) is 15.5 Å². The molecule has 29 heavy (non-hydrogen) atoms. The maximum atomic E-state index is 12.1. The fourth-order valence-corrected chi connectivity index (χ4v) is 3.86. The van der Waals surface area contributed by atoms with Gasteiger partial charge in [0.15, 0.2) is 4.34 Å². The Morgan fingerprint density at radius 1 is 1.03 bits per heavy atom. The van der Waals surface area contributed by atoms with Gasteiger partial charge in [0.1, 0.15) is 5.75 Å². The van der Waals surface area contributed by atoms with Gasteiger partial charge in [-0.3, -0.25) is 4.79 Å². The second kappa shape index (κ2) is 10.7. The quantitative estimate of drug-likeness (QED) is 0.465. The second-order valence-corrected chi connectivity index (χ2v) is 8.00. The number of aromatic nitrogens is 2. The summed E-state index contributed by atoms with van der Waals surface area (Å²) in [6, 6.07) is 16.1. The lowest BCUT2D eigenvalue weighted by molar-refractivity contribution is -0.118. The number of ether oxygens (including phenoxy) is 1. The molecule has 0 saturated heterocycles. The number of hydrogen-bond acceptors (Lipinski definition) is 7. The minimum atomic E-state index is -2.85. The third-order valence-corrected chi connectivity index (χ3v) is 5.67. The summed E-state index contributed by atoms with van der Waals surface area (Å²) < 4.78 is 29.2. The summed E-state index contributed by atoms with van der Waals surface area (Å²) in [7, 11) is 0. The molecule has 0 aliphatic rings. The van der Waals surface area contributed by atoms with Crippen molar-refractivity contribution in [3.8, 4) is 5.75 Å². The molecule has 2 N–H and O–H groups in total. The van der Waals surface area contributed by atoms with Crippen molar-refractivity contribution in [1.29, 1.82) is 0 Å². The first-order valence-electron chi connectivity index (χ1n) is 8.63. The predicted molar refractivity (Wildman–Crippen MR) is 109 cm³/mol. The second-order valence-electron chi connectivity index (χ2n) is 5.80. The number of nitrogens with one attached hydrogen (secondary N) is 2. The van der Waals surface area contributed by atoms with E-state index in [4.69, 9.17) is 0 Å². The first-order valence-corrected chi connectivity index (χ1v) is 10.4. The first kappa shape index (κ1) is 21.0. The van der Waals surface area contributed by atoms with Crippen LogP contribution in [0, 0.1) is 0 Å². The Kier molecular flexibility index (Phi) is 7.77. The van der Waals surface area contributed by atoms with E-state index in [0.29, 0.717) is 22.6 Å². The van der Waals surface area contributed by atoms with Gasteiger partial charge in [0, 0.05) is 13.1 Å². The highest BCUT2D eigenvalue weighted by atomic mass is 32.2. The molecule has 3 rings (SSSR count). The molecule has 10 heteroatoms. The van der Waals surface area contributed by atoms with E-state index in [2.05, 4.69) is 25.6 Å². The molecule has 0 atom stereocenters. The van der Waals surface area contributed by atoms with Crippen LogP contribution in [0.25, 0.3) is 0 Å². The number of thioether (sulfide) groups is 1. The zero-order valence-electron chi connectivity index (χ0n) is 15.2. The van der Waals surface area contributed by atoms with Crippen molar-refractivity contribution in [3.63, 3.8) is 0 Å². The molecule has 0 fully saturated rings. The van der Waals surface area contributed by atoms with E-state index >= 15 is 0 Å². The Labute approximate surface area is 174 Å². The lowest BCUT2D eigenvalue weighted by atomic mass is 10.2. The standard InChI is InChI=1S/C19H18F2N4O2S2/c20-17(21)27-15-8-6-14(7-9-15)10-22-16(26)12-28-19-25-24-18(29-19)23-11-13-4-2-1-3-5-13/h1-9,17H,10-12H2,(H,22,26)(H,23,24). The molecule has 6 nitrogen and oxygen atoms in total. The largest absolute Gasteiger partial charge is 0.435 e. The van der Waals surface area contributed by atoms with Crippen LogP contribution in [0.15, 0.2) is 58.9 Å². The summed E-state index contributed by atoms with van der Waals surface area (Å²) in [5.74, 6) is 0.135. The van der Waals surface area contributed by atoms with E-state index in [0.717, 1.165) is 11.1 Å². The van der Waals surface area contributed by atoms with Crippen LogP contribution in [0.5, 0.6) is 5.75 Å². The van der Waals surface area contributed by atoms with Crippen molar-refractivity contribution in [2.45, 2.75) is 24.0 Å². The Balaban J connectivity index is 1.37. The molecule has 1 heterocycles. The van der Waals surface area contributed by atoms with E-state index < -0.39 is 6.61 Å². The molecule has 0 unspecified atom stereocenters. The summed E-state index contributed by atoms with van der Waals surface area (Å²) >= 11 is 2.69. The number of nitrogens with zero attached hydrogens (tertiary/aromatic N) is 2. The number of carbonyl (C=O) groups is 1. The number of halogens is 2. The van der Waals surface area contributed by atoms with Crippen LogP contribution >= 0.6 is 23.1 Å². The Hall–Kier alpha value is -2.72. The number of carbonyl (C=O) groups excluding carboxylic acids is 1. The van der Waals surface area contributed by atoms with Gasteiger partial charge in [-0.2, -0.15) is 8.78 Å². The predicted octanol–water partition coefficient (Wildman–Crippen LogP) is 4.16. The van der Waals surface area contributed by atoms with E-state index in [1.54, 1.807) is 12.1 Å². The summed E-state index contributed by atoms with van der Waals surface area (Å²) in [5, 5.41) is 14.8. The van der Waals surface area contributed by atoms with Crippen LogP contribution < -0.4 is 15.4 Å². The van der Waals surface area contributed by atoms with Crippen LogP contribution in [-0.2, 0) is 17.9 Å². The minimum absolute atomic E-state index is 0.0820. The van der Waals surface area contributed by atoms with Gasteiger partial charge in [-0.05, 0) is 23.3 Å². The van der Waals surface area contributed by atoms with Gasteiger partial charge >= 0.3 is 6.61 Å². The van der Waals surface area contributed by atoms with Gasteiger partial charge in [0.05, 0.1) is 5.75 Å². The monoisotopic (exact) mass is 436 g/mol. The SMILES string of the molecule is O=C(CSc1nnc(NCc2ccccc2)s1)NCc1ccc(OC(F)F)cc1. The van der Waals surface area contributed by atoms with Gasteiger partial charge in [0.2, 0.25) is 11.0 Å². The van der Waals surface area contributed by atoms with Gasteiger partial charge in [0.25, 0.3) is 0 Å². The number of amides is 1. The summed E-state index contributed by atoms with van der Waals surface area (Å²) in [4.78, 5) is 12.0. The maximum absolute atomic E-state index is 12.1. The molecule has 3 aromatic rings. The zero-order valence-corrected chi connectivity index (χ0v) is 16.8. The molecule has 1 aromatic heterocycles. The van der Waals surface area contributed by atoms with Gasteiger partial charge in [-0.25, -0.2) is 0 Å². The Morgan fingerprint density at radius 2 is 1.76 bits per heavy atom. The van der Waals surface area contributed by atoms with Gasteiger partial charge in [-0.15, -0.1) is 10.2 Å². The van der Waals surface area contributed by atoms with Crippen LogP contribution in [0.2, 0.25) is 0 Å². The molecule has 152 valence electrons. The summed E-state index contributed by atoms with van der Waals surface area (Å²) in [5.41, 5.74) is 1.93. The smallest absolute Gasteiger partial charge is 0.387 e. The van der Waals surface area contributed by atoms with Crippen LogP contribution in [0.4, 0.5) is 13.9 Å². The number of rotatable bonds is 10. The molecular weight excluding hydrogens is 418 g/mol. The molecule has 0 bridgehead atoms. The van der Waals surface area contributed by atoms with Crippen LogP contribution in [0.3, 0.4) is 0 Å². The third kappa shape index (κ3) is 7.31. The average molecular weight is 437 g/mol. The average Bonchev–Trinajstić information content (AvgIpc) is 3.18. The molecule has 0 aliphatic carbocycles. The summed E-state index contributed by atoms with van der Waals surface area (Å²) in [6.07, 6.45) is 0. The highest BCUT2D eigenvalue weighted by molar-refractivity contribution is 8.01. The van der Waals surface area contributed by atoms with Gasteiger partial charge < -0.3 is 15.4 Å². The van der Waals surface area contributed by atoms with Crippen molar-refractivity contribution >= 4 is 34.1 Å². The zero-order chi connectivity index (χ0) is 20.5. The molecule has 0 aliphatic heterocycles. The lowest BCUT2D eigenvalue weighted by Gasteiger charge is -2.07. The Bertz CT molecular complexity index is 908. The number of benzene rings is 2. The fourth-order valence-electron chi connectivity index (χ4n) is 2.28. The Morgan fingerprint density at radius 3 is 2.48 bits per heavy atom. The molecule has 0 saturated carbocycles. The number of hydrogen-bond donors (Lipinski definition) is 2. The van der Waals surface area contributed by atoms with Crippen molar-refractivity contribution < 1.29 is 18.3 Å². The first-order chi connectivity index (χ1) is 14.1. The molecule has 0 spiro atoms. The normalized spacial score (nSPS) is 10.7. The summed E-state index contributed by atoms with van der Waals surface area (Å²) in [6.45, 7) is -1.90. The van der Waals surface area contributed by atoms with Crippen molar-refractivity contribution in [3.05, 3.63) is 65.7 Å².